The maximum absolute atomic E-state index is 5.56. The molecule has 0 aromatic rings. The molecule has 2 aliphatic rings. The van der Waals surface area contributed by atoms with E-state index in [1.807, 2.05) is 0 Å². The third-order valence-corrected chi connectivity index (χ3v) is 4.07. The first-order valence-electron chi connectivity index (χ1n) is 6.89. The molecule has 94 valence electrons. The minimum atomic E-state index is 0.462. The lowest BCUT2D eigenvalue weighted by Crippen LogP contribution is -2.33. The molecule has 2 N–H and O–H groups in total. The van der Waals surface area contributed by atoms with E-state index < -0.39 is 0 Å². The zero-order valence-electron chi connectivity index (χ0n) is 10.5. The summed E-state index contributed by atoms with van der Waals surface area (Å²) < 4.78 is 5.56. The number of rotatable bonds is 5. The zero-order valence-corrected chi connectivity index (χ0v) is 10.5. The molecule has 3 unspecified atom stereocenters. The van der Waals surface area contributed by atoms with E-state index in [2.05, 4.69) is 17.6 Å². The molecule has 0 saturated carbocycles. The van der Waals surface area contributed by atoms with Gasteiger partial charge in [-0.15, -0.1) is 0 Å². The van der Waals surface area contributed by atoms with E-state index in [4.69, 9.17) is 4.74 Å². The Morgan fingerprint density at radius 3 is 3.00 bits per heavy atom. The van der Waals surface area contributed by atoms with E-state index in [0.29, 0.717) is 6.10 Å². The van der Waals surface area contributed by atoms with Gasteiger partial charge in [-0.1, -0.05) is 0 Å². The Balaban J connectivity index is 1.51. The predicted octanol–water partition coefficient (Wildman–Crippen LogP) is 1.39. The first-order valence-corrected chi connectivity index (χ1v) is 6.89. The normalized spacial score (nSPS) is 35.4. The molecule has 3 nitrogen and oxygen atoms in total. The van der Waals surface area contributed by atoms with Crippen LogP contribution in [0.4, 0.5) is 0 Å². The second-order valence-corrected chi connectivity index (χ2v) is 5.33. The van der Waals surface area contributed by atoms with Gasteiger partial charge >= 0.3 is 0 Å². The molecule has 0 amide bonds. The standard InChI is InChI=1S/C13H26N2O/c1-11-13(5-8-16-11)10-15-7-4-12-3-2-6-14-9-12/h11-15H,2-10H2,1H3. The summed E-state index contributed by atoms with van der Waals surface area (Å²) in [6.45, 7) is 7.92. The van der Waals surface area contributed by atoms with Crippen LogP contribution in [0.3, 0.4) is 0 Å². The third-order valence-electron chi connectivity index (χ3n) is 4.07. The highest BCUT2D eigenvalue weighted by Gasteiger charge is 2.23. The summed E-state index contributed by atoms with van der Waals surface area (Å²) in [5.41, 5.74) is 0. The van der Waals surface area contributed by atoms with Gasteiger partial charge in [-0.2, -0.15) is 0 Å². The molecule has 0 aromatic carbocycles. The van der Waals surface area contributed by atoms with Gasteiger partial charge < -0.3 is 15.4 Å². The molecule has 16 heavy (non-hydrogen) atoms. The summed E-state index contributed by atoms with van der Waals surface area (Å²) in [6, 6.07) is 0. The lowest BCUT2D eigenvalue weighted by molar-refractivity contribution is 0.105. The van der Waals surface area contributed by atoms with Crippen molar-refractivity contribution in [2.75, 3.05) is 32.8 Å². The minimum absolute atomic E-state index is 0.462. The molecular formula is C13H26N2O. The van der Waals surface area contributed by atoms with Gasteiger partial charge in [-0.25, -0.2) is 0 Å². The van der Waals surface area contributed by atoms with Crippen molar-refractivity contribution in [2.45, 2.75) is 38.7 Å². The Morgan fingerprint density at radius 1 is 1.38 bits per heavy atom. The lowest BCUT2D eigenvalue weighted by atomic mass is 9.96. The average molecular weight is 226 g/mol. The molecule has 0 aromatic heterocycles. The predicted molar refractivity (Wildman–Crippen MR) is 66.6 cm³/mol. The molecule has 2 rings (SSSR count). The summed E-state index contributed by atoms with van der Waals surface area (Å²) in [5.74, 6) is 1.64. The van der Waals surface area contributed by atoms with Crippen LogP contribution in [0.2, 0.25) is 0 Å². The molecule has 0 aliphatic carbocycles. The van der Waals surface area contributed by atoms with Gasteiger partial charge in [0.15, 0.2) is 0 Å². The van der Waals surface area contributed by atoms with Crippen LogP contribution in [-0.2, 0) is 4.74 Å². The second-order valence-electron chi connectivity index (χ2n) is 5.33. The van der Waals surface area contributed by atoms with Gasteiger partial charge in [0.05, 0.1) is 6.10 Å². The van der Waals surface area contributed by atoms with E-state index in [-0.39, 0.29) is 0 Å². The number of hydrogen-bond donors (Lipinski definition) is 2. The van der Waals surface area contributed by atoms with Crippen molar-refractivity contribution in [2.24, 2.45) is 11.8 Å². The molecule has 3 heteroatoms. The van der Waals surface area contributed by atoms with Crippen LogP contribution in [0, 0.1) is 11.8 Å². The summed E-state index contributed by atoms with van der Waals surface area (Å²) in [6.07, 6.45) is 5.80. The van der Waals surface area contributed by atoms with Gasteiger partial charge in [0.1, 0.15) is 0 Å². The maximum Gasteiger partial charge on any atom is 0.0588 e. The maximum atomic E-state index is 5.56. The minimum Gasteiger partial charge on any atom is -0.378 e. The van der Waals surface area contributed by atoms with Crippen LogP contribution in [0.15, 0.2) is 0 Å². The van der Waals surface area contributed by atoms with Crippen LogP contribution in [0.25, 0.3) is 0 Å². The lowest BCUT2D eigenvalue weighted by Gasteiger charge is -2.23. The second kappa shape index (κ2) is 6.58. The highest BCUT2D eigenvalue weighted by atomic mass is 16.5. The Morgan fingerprint density at radius 2 is 2.31 bits per heavy atom. The molecule has 0 spiro atoms. The fraction of sp³-hybridized carbons (Fsp3) is 1.00. The van der Waals surface area contributed by atoms with Crippen molar-refractivity contribution in [3.05, 3.63) is 0 Å². The van der Waals surface area contributed by atoms with Crippen LogP contribution in [0.5, 0.6) is 0 Å². The quantitative estimate of drug-likeness (QED) is 0.695. The first kappa shape index (κ1) is 12.3. The van der Waals surface area contributed by atoms with Crippen LogP contribution in [0.1, 0.15) is 32.6 Å². The van der Waals surface area contributed by atoms with Crippen molar-refractivity contribution in [3.8, 4) is 0 Å². The Hall–Kier alpha value is -0.120. The summed E-state index contributed by atoms with van der Waals surface area (Å²) in [4.78, 5) is 0. The van der Waals surface area contributed by atoms with E-state index >= 15 is 0 Å². The van der Waals surface area contributed by atoms with Gasteiger partial charge in [0, 0.05) is 13.2 Å². The number of ether oxygens (including phenoxy) is 1. The average Bonchev–Trinajstić information content (AvgIpc) is 2.72. The molecular weight excluding hydrogens is 200 g/mol. The highest BCUT2D eigenvalue weighted by Crippen LogP contribution is 2.19. The Kier molecular flexibility index (Phi) is 5.07. The SMILES string of the molecule is CC1OCCC1CNCCC1CCCNC1. The summed E-state index contributed by atoms with van der Waals surface area (Å²) in [7, 11) is 0. The molecule has 2 aliphatic heterocycles. The Bertz CT molecular complexity index is 192. The van der Waals surface area contributed by atoms with Crippen molar-refractivity contribution in [1.29, 1.82) is 0 Å². The van der Waals surface area contributed by atoms with Crippen molar-refractivity contribution in [3.63, 3.8) is 0 Å². The molecule has 3 atom stereocenters. The smallest absolute Gasteiger partial charge is 0.0588 e. The molecule has 0 radical (unpaired) electrons. The van der Waals surface area contributed by atoms with E-state index in [0.717, 1.165) is 25.0 Å². The van der Waals surface area contributed by atoms with E-state index in [9.17, 15) is 0 Å². The van der Waals surface area contributed by atoms with Gasteiger partial charge in [-0.3, -0.25) is 0 Å². The molecule has 0 bridgehead atoms. The molecule has 2 heterocycles. The zero-order chi connectivity index (χ0) is 11.2. The largest absolute Gasteiger partial charge is 0.378 e. The summed E-state index contributed by atoms with van der Waals surface area (Å²) >= 11 is 0. The van der Waals surface area contributed by atoms with Crippen LogP contribution >= 0.6 is 0 Å². The van der Waals surface area contributed by atoms with Crippen LogP contribution < -0.4 is 10.6 Å². The Labute approximate surface area is 99.3 Å². The number of piperidine rings is 1. The fourth-order valence-electron chi connectivity index (χ4n) is 2.81. The first-order chi connectivity index (χ1) is 7.86. The van der Waals surface area contributed by atoms with E-state index in [1.54, 1.807) is 0 Å². The summed E-state index contributed by atoms with van der Waals surface area (Å²) in [5, 5.41) is 7.07. The van der Waals surface area contributed by atoms with Crippen LogP contribution in [-0.4, -0.2) is 38.9 Å². The van der Waals surface area contributed by atoms with E-state index in [1.165, 1.54) is 45.3 Å². The van der Waals surface area contributed by atoms with Crippen molar-refractivity contribution in [1.82, 2.24) is 10.6 Å². The van der Waals surface area contributed by atoms with Gasteiger partial charge in [0.25, 0.3) is 0 Å². The third kappa shape index (κ3) is 3.72. The van der Waals surface area contributed by atoms with Gasteiger partial charge in [0.2, 0.25) is 0 Å². The topological polar surface area (TPSA) is 33.3 Å². The molecule has 2 saturated heterocycles. The number of hydrogen-bond acceptors (Lipinski definition) is 3. The monoisotopic (exact) mass is 226 g/mol. The highest BCUT2D eigenvalue weighted by molar-refractivity contribution is 4.75. The molecule has 2 fully saturated rings. The van der Waals surface area contributed by atoms with Crippen molar-refractivity contribution < 1.29 is 4.74 Å². The fourth-order valence-corrected chi connectivity index (χ4v) is 2.81. The van der Waals surface area contributed by atoms with Crippen molar-refractivity contribution >= 4 is 0 Å². The number of nitrogens with one attached hydrogen (secondary N) is 2. The van der Waals surface area contributed by atoms with Gasteiger partial charge in [-0.05, 0) is 64.1 Å².